The van der Waals surface area contributed by atoms with E-state index in [1.165, 1.54) is 25.7 Å². The zero-order valence-electron chi connectivity index (χ0n) is 10.5. The average Bonchev–Trinajstić information content (AvgIpc) is 2.26. The molecule has 0 amide bonds. The first kappa shape index (κ1) is 10.8. The Labute approximate surface area is 99.7 Å². The standard InChI is InChI=1S/C15H25N/c1-3-14(16-4-2)15-12-6-10-5-11(8-12)9-13(15)7-10/h3,10-16H,1,4-9H2,2H3. The summed E-state index contributed by atoms with van der Waals surface area (Å²) in [5.41, 5.74) is 0. The van der Waals surface area contributed by atoms with Crippen LogP contribution in [-0.2, 0) is 0 Å². The van der Waals surface area contributed by atoms with Crippen molar-refractivity contribution in [1.29, 1.82) is 0 Å². The largest absolute Gasteiger partial charge is 0.311 e. The maximum Gasteiger partial charge on any atom is 0.0280 e. The van der Waals surface area contributed by atoms with E-state index in [1.54, 1.807) is 6.42 Å². The first-order chi connectivity index (χ1) is 7.81. The molecule has 4 rings (SSSR count). The molecule has 0 spiro atoms. The minimum Gasteiger partial charge on any atom is -0.311 e. The molecule has 4 aliphatic carbocycles. The molecule has 4 fully saturated rings. The highest BCUT2D eigenvalue weighted by atomic mass is 14.9. The van der Waals surface area contributed by atoms with Gasteiger partial charge in [-0.05, 0) is 68.2 Å². The highest BCUT2D eigenvalue weighted by Gasteiger charge is 2.49. The molecule has 1 unspecified atom stereocenters. The Kier molecular flexibility index (Phi) is 2.83. The van der Waals surface area contributed by atoms with Crippen LogP contribution < -0.4 is 5.32 Å². The third kappa shape index (κ3) is 1.64. The molecule has 0 heterocycles. The van der Waals surface area contributed by atoms with Crippen LogP contribution in [0.1, 0.15) is 39.0 Å². The van der Waals surface area contributed by atoms with Gasteiger partial charge in [-0.15, -0.1) is 6.58 Å². The van der Waals surface area contributed by atoms with Crippen LogP contribution in [0.15, 0.2) is 12.7 Å². The lowest BCUT2D eigenvalue weighted by molar-refractivity contribution is -0.0450. The molecule has 0 aromatic rings. The molecule has 0 radical (unpaired) electrons. The fraction of sp³-hybridized carbons (Fsp3) is 0.867. The molecule has 4 saturated carbocycles. The summed E-state index contributed by atoms with van der Waals surface area (Å²) in [4.78, 5) is 0. The van der Waals surface area contributed by atoms with Gasteiger partial charge in [0.15, 0.2) is 0 Å². The van der Waals surface area contributed by atoms with E-state index in [9.17, 15) is 0 Å². The summed E-state index contributed by atoms with van der Waals surface area (Å²) in [5, 5.41) is 3.64. The Balaban J connectivity index is 1.77. The number of likely N-dealkylation sites (N-methyl/N-ethyl adjacent to an activating group) is 1. The van der Waals surface area contributed by atoms with Crippen molar-refractivity contribution in [1.82, 2.24) is 5.32 Å². The van der Waals surface area contributed by atoms with Gasteiger partial charge in [0.1, 0.15) is 0 Å². The summed E-state index contributed by atoms with van der Waals surface area (Å²) in [6, 6.07) is 0.583. The van der Waals surface area contributed by atoms with Crippen molar-refractivity contribution in [2.45, 2.75) is 45.1 Å². The number of nitrogens with one attached hydrogen (secondary N) is 1. The summed E-state index contributed by atoms with van der Waals surface area (Å²) in [6.45, 7) is 7.35. The molecule has 0 saturated heterocycles. The SMILES string of the molecule is C=CC(NCC)C1C2CC3CC(C2)CC1C3. The predicted molar refractivity (Wildman–Crippen MR) is 68.2 cm³/mol. The normalized spacial score (nSPS) is 46.9. The maximum absolute atomic E-state index is 4.05. The van der Waals surface area contributed by atoms with E-state index in [4.69, 9.17) is 0 Å². The molecule has 4 aliphatic rings. The van der Waals surface area contributed by atoms with E-state index in [0.717, 1.165) is 36.1 Å². The molecule has 90 valence electrons. The first-order valence-corrected chi connectivity index (χ1v) is 7.17. The van der Waals surface area contributed by atoms with Crippen molar-refractivity contribution in [2.24, 2.45) is 29.6 Å². The molecular formula is C15H25N. The van der Waals surface area contributed by atoms with Crippen LogP contribution >= 0.6 is 0 Å². The predicted octanol–water partition coefficient (Wildman–Crippen LogP) is 3.22. The van der Waals surface area contributed by atoms with Gasteiger partial charge in [-0.25, -0.2) is 0 Å². The topological polar surface area (TPSA) is 12.0 Å². The van der Waals surface area contributed by atoms with Gasteiger partial charge in [0, 0.05) is 6.04 Å². The number of hydrogen-bond acceptors (Lipinski definition) is 1. The van der Waals surface area contributed by atoms with Gasteiger partial charge in [-0.1, -0.05) is 13.0 Å². The van der Waals surface area contributed by atoms with Crippen molar-refractivity contribution >= 4 is 0 Å². The molecule has 16 heavy (non-hydrogen) atoms. The van der Waals surface area contributed by atoms with E-state index >= 15 is 0 Å². The molecule has 0 aromatic carbocycles. The van der Waals surface area contributed by atoms with Crippen LogP contribution in [-0.4, -0.2) is 12.6 Å². The van der Waals surface area contributed by atoms with Crippen LogP contribution in [0.5, 0.6) is 0 Å². The van der Waals surface area contributed by atoms with Crippen molar-refractivity contribution in [3.8, 4) is 0 Å². The minimum atomic E-state index is 0.583. The third-order valence-corrected chi connectivity index (χ3v) is 5.41. The second-order valence-electron chi connectivity index (χ2n) is 6.33. The van der Waals surface area contributed by atoms with E-state index in [2.05, 4.69) is 24.9 Å². The van der Waals surface area contributed by atoms with Gasteiger partial charge in [-0.2, -0.15) is 0 Å². The summed E-state index contributed by atoms with van der Waals surface area (Å²) < 4.78 is 0. The van der Waals surface area contributed by atoms with Crippen molar-refractivity contribution in [2.75, 3.05) is 6.54 Å². The summed E-state index contributed by atoms with van der Waals surface area (Å²) in [5.74, 6) is 5.11. The van der Waals surface area contributed by atoms with Crippen molar-refractivity contribution < 1.29 is 0 Å². The van der Waals surface area contributed by atoms with Gasteiger partial charge in [0.05, 0.1) is 0 Å². The molecule has 1 heteroatoms. The van der Waals surface area contributed by atoms with Gasteiger partial charge in [-0.3, -0.25) is 0 Å². The molecular weight excluding hydrogens is 194 g/mol. The van der Waals surface area contributed by atoms with E-state index in [1.807, 2.05) is 0 Å². The minimum absolute atomic E-state index is 0.583. The smallest absolute Gasteiger partial charge is 0.0280 e. The van der Waals surface area contributed by atoms with Crippen LogP contribution in [0, 0.1) is 29.6 Å². The Morgan fingerprint density at radius 3 is 2.12 bits per heavy atom. The van der Waals surface area contributed by atoms with Crippen LogP contribution in [0.2, 0.25) is 0 Å². The van der Waals surface area contributed by atoms with Crippen molar-refractivity contribution in [3.05, 3.63) is 12.7 Å². The van der Waals surface area contributed by atoms with Gasteiger partial charge >= 0.3 is 0 Å². The highest BCUT2D eigenvalue weighted by molar-refractivity contribution is 5.05. The zero-order valence-corrected chi connectivity index (χ0v) is 10.5. The maximum atomic E-state index is 4.05. The molecule has 1 nitrogen and oxygen atoms in total. The van der Waals surface area contributed by atoms with Crippen LogP contribution in [0.3, 0.4) is 0 Å². The van der Waals surface area contributed by atoms with Crippen molar-refractivity contribution in [3.63, 3.8) is 0 Å². The number of hydrogen-bond donors (Lipinski definition) is 1. The average molecular weight is 219 g/mol. The third-order valence-electron chi connectivity index (χ3n) is 5.41. The monoisotopic (exact) mass is 219 g/mol. The molecule has 0 aromatic heterocycles. The quantitative estimate of drug-likeness (QED) is 0.716. The van der Waals surface area contributed by atoms with Gasteiger partial charge < -0.3 is 5.32 Å². The van der Waals surface area contributed by atoms with Crippen LogP contribution in [0.4, 0.5) is 0 Å². The summed E-state index contributed by atoms with van der Waals surface area (Å²) in [6.07, 6.45) is 9.82. The summed E-state index contributed by atoms with van der Waals surface area (Å²) >= 11 is 0. The molecule has 1 atom stereocenters. The fourth-order valence-corrected chi connectivity index (χ4v) is 5.17. The molecule has 0 aliphatic heterocycles. The second kappa shape index (κ2) is 4.18. The van der Waals surface area contributed by atoms with E-state index in [-0.39, 0.29) is 0 Å². The second-order valence-corrected chi connectivity index (χ2v) is 6.33. The zero-order chi connectivity index (χ0) is 11.1. The molecule has 4 bridgehead atoms. The summed E-state index contributed by atoms with van der Waals surface area (Å²) in [7, 11) is 0. The van der Waals surface area contributed by atoms with E-state index < -0.39 is 0 Å². The molecule has 1 N–H and O–H groups in total. The Morgan fingerprint density at radius 1 is 1.12 bits per heavy atom. The Bertz CT molecular complexity index is 243. The Hall–Kier alpha value is -0.300. The first-order valence-electron chi connectivity index (χ1n) is 7.17. The van der Waals surface area contributed by atoms with Gasteiger partial charge in [0.2, 0.25) is 0 Å². The van der Waals surface area contributed by atoms with Crippen LogP contribution in [0.25, 0.3) is 0 Å². The van der Waals surface area contributed by atoms with Gasteiger partial charge in [0.25, 0.3) is 0 Å². The highest BCUT2D eigenvalue weighted by Crippen LogP contribution is 2.57. The Morgan fingerprint density at radius 2 is 1.69 bits per heavy atom. The number of rotatable bonds is 4. The van der Waals surface area contributed by atoms with E-state index in [0.29, 0.717) is 6.04 Å². The fourth-order valence-electron chi connectivity index (χ4n) is 5.17. The lowest BCUT2D eigenvalue weighted by Gasteiger charge is -2.56. The lowest BCUT2D eigenvalue weighted by atomic mass is 9.50. The lowest BCUT2D eigenvalue weighted by Crippen LogP contribution is -2.52.